The van der Waals surface area contributed by atoms with E-state index >= 15 is 0 Å². The van der Waals surface area contributed by atoms with Crippen LogP contribution in [-0.4, -0.2) is 31.0 Å². The third-order valence-electron chi connectivity index (χ3n) is 1.62. The zero-order valence-corrected chi connectivity index (χ0v) is 7.91. The molecule has 80 valence electrons. The summed E-state index contributed by atoms with van der Waals surface area (Å²) in [6.07, 6.45) is -4.93. The molecular formula is C8H16F3NO. The molecule has 0 saturated carbocycles. The second-order valence-electron chi connectivity index (χ2n) is 3.86. The van der Waals surface area contributed by atoms with Gasteiger partial charge in [0.2, 0.25) is 0 Å². The van der Waals surface area contributed by atoms with Crippen LogP contribution in [0, 0.1) is 5.41 Å². The van der Waals surface area contributed by atoms with Gasteiger partial charge in [-0.3, -0.25) is 0 Å². The summed E-state index contributed by atoms with van der Waals surface area (Å²) in [4.78, 5) is 0. The van der Waals surface area contributed by atoms with E-state index in [1.54, 1.807) is 13.8 Å². The Balaban J connectivity index is 3.47. The fourth-order valence-corrected chi connectivity index (χ4v) is 0.713. The van der Waals surface area contributed by atoms with Gasteiger partial charge in [0.05, 0.1) is 6.42 Å². The summed E-state index contributed by atoms with van der Waals surface area (Å²) in [6, 6.07) is 0. The van der Waals surface area contributed by atoms with Crippen molar-refractivity contribution in [2.75, 3.05) is 19.7 Å². The molecule has 2 nitrogen and oxygen atoms in total. The molecule has 0 spiro atoms. The Bertz CT molecular complexity index is 145. The molecule has 0 amide bonds. The molecular weight excluding hydrogens is 183 g/mol. The zero-order valence-electron chi connectivity index (χ0n) is 7.91. The first-order valence-corrected chi connectivity index (χ1v) is 4.15. The Morgan fingerprint density at radius 3 is 2.15 bits per heavy atom. The maximum Gasteiger partial charge on any atom is 0.390 e. The van der Waals surface area contributed by atoms with Crippen LogP contribution < -0.4 is 5.32 Å². The van der Waals surface area contributed by atoms with Crippen molar-refractivity contribution in [2.45, 2.75) is 26.4 Å². The molecule has 0 atom stereocenters. The van der Waals surface area contributed by atoms with Crippen LogP contribution in [-0.2, 0) is 0 Å². The average molecular weight is 199 g/mol. The molecule has 0 unspecified atom stereocenters. The van der Waals surface area contributed by atoms with Gasteiger partial charge in [-0.1, -0.05) is 13.8 Å². The van der Waals surface area contributed by atoms with E-state index in [0.29, 0.717) is 6.54 Å². The minimum absolute atomic E-state index is 0.0357. The fraction of sp³-hybridized carbons (Fsp3) is 1.00. The second kappa shape index (κ2) is 4.81. The quantitative estimate of drug-likeness (QED) is 0.658. The average Bonchev–Trinajstić information content (AvgIpc) is 1.97. The maximum absolute atomic E-state index is 11.7. The van der Waals surface area contributed by atoms with Crippen molar-refractivity contribution in [3.8, 4) is 0 Å². The topological polar surface area (TPSA) is 32.3 Å². The predicted molar refractivity (Wildman–Crippen MR) is 44.4 cm³/mol. The molecule has 0 aromatic carbocycles. The number of hydrogen-bond acceptors (Lipinski definition) is 2. The van der Waals surface area contributed by atoms with Crippen LogP contribution in [0.1, 0.15) is 20.3 Å². The van der Waals surface area contributed by atoms with E-state index in [1.807, 2.05) is 0 Å². The van der Waals surface area contributed by atoms with Gasteiger partial charge in [-0.15, -0.1) is 0 Å². The highest BCUT2D eigenvalue weighted by Crippen LogP contribution is 2.18. The van der Waals surface area contributed by atoms with Gasteiger partial charge in [-0.25, -0.2) is 0 Å². The summed E-state index contributed by atoms with van der Waals surface area (Å²) in [7, 11) is 0. The standard InChI is InChI=1S/C8H16F3NO/c1-7(2,6-13)5-12-4-3-8(9,10)11/h12-13H,3-6H2,1-2H3. The molecule has 0 aliphatic carbocycles. The summed E-state index contributed by atoms with van der Waals surface area (Å²) < 4.78 is 35.0. The summed E-state index contributed by atoms with van der Waals surface area (Å²) in [5, 5.41) is 11.4. The highest BCUT2D eigenvalue weighted by Gasteiger charge is 2.26. The molecule has 0 heterocycles. The lowest BCUT2D eigenvalue weighted by Gasteiger charge is -2.22. The van der Waals surface area contributed by atoms with Crippen LogP contribution in [0.3, 0.4) is 0 Å². The molecule has 0 aliphatic rings. The van der Waals surface area contributed by atoms with Gasteiger partial charge < -0.3 is 10.4 Å². The van der Waals surface area contributed by atoms with Crippen molar-refractivity contribution in [1.29, 1.82) is 0 Å². The van der Waals surface area contributed by atoms with E-state index in [9.17, 15) is 13.2 Å². The normalized spacial score (nSPS) is 13.4. The minimum atomic E-state index is -4.10. The van der Waals surface area contributed by atoms with Crippen molar-refractivity contribution in [3.05, 3.63) is 0 Å². The predicted octanol–water partition coefficient (Wildman–Crippen LogP) is 1.55. The lowest BCUT2D eigenvalue weighted by Crippen LogP contribution is -2.34. The van der Waals surface area contributed by atoms with E-state index in [0.717, 1.165) is 0 Å². The van der Waals surface area contributed by atoms with Gasteiger partial charge in [0.25, 0.3) is 0 Å². The number of alkyl halides is 3. The van der Waals surface area contributed by atoms with Crippen LogP contribution in [0.15, 0.2) is 0 Å². The highest BCUT2D eigenvalue weighted by molar-refractivity contribution is 4.70. The van der Waals surface area contributed by atoms with E-state index in [4.69, 9.17) is 5.11 Å². The lowest BCUT2D eigenvalue weighted by atomic mass is 9.95. The number of halogens is 3. The van der Waals surface area contributed by atoms with E-state index in [2.05, 4.69) is 5.32 Å². The number of aliphatic hydroxyl groups is 1. The first kappa shape index (κ1) is 12.7. The highest BCUT2D eigenvalue weighted by atomic mass is 19.4. The molecule has 0 aromatic rings. The largest absolute Gasteiger partial charge is 0.396 e. The van der Waals surface area contributed by atoms with E-state index in [-0.39, 0.29) is 18.6 Å². The molecule has 0 saturated heterocycles. The molecule has 0 aliphatic heterocycles. The maximum atomic E-state index is 11.7. The van der Waals surface area contributed by atoms with Crippen LogP contribution in [0.2, 0.25) is 0 Å². The molecule has 2 N–H and O–H groups in total. The molecule has 0 bridgehead atoms. The molecule has 13 heavy (non-hydrogen) atoms. The van der Waals surface area contributed by atoms with E-state index < -0.39 is 12.6 Å². The van der Waals surface area contributed by atoms with Crippen LogP contribution in [0.5, 0.6) is 0 Å². The second-order valence-corrected chi connectivity index (χ2v) is 3.86. The fourth-order valence-electron chi connectivity index (χ4n) is 0.713. The monoisotopic (exact) mass is 199 g/mol. The third kappa shape index (κ3) is 8.05. The minimum Gasteiger partial charge on any atom is -0.396 e. The van der Waals surface area contributed by atoms with Crippen molar-refractivity contribution in [3.63, 3.8) is 0 Å². The SMILES string of the molecule is CC(C)(CO)CNCCC(F)(F)F. The number of nitrogens with one attached hydrogen (secondary N) is 1. The Morgan fingerprint density at radius 1 is 1.23 bits per heavy atom. The molecule has 0 rings (SSSR count). The third-order valence-corrected chi connectivity index (χ3v) is 1.62. The molecule has 5 heteroatoms. The van der Waals surface area contributed by atoms with Crippen molar-refractivity contribution < 1.29 is 18.3 Å². The Kier molecular flexibility index (Phi) is 4.70. The van der Waals surface area contributed by atoms with Gasteiger partial charge in [0, 0.05) is 25.1 Å². The Morgan fingerprint density at radius 2 is 1.77 bits per heavy atom. The lowest BCUT2D eigenvalue weighted by molar-refractivity contribution is -0.133. The van der Waals surface area contributed by atoms with Gasteiger partial charge in [-0.2, -0.15) is 13.2 Å². The summed E-state index contributed by atoms with van der Waals surface area (Å²) in [6.45, 7) is 3.83. The molecule has 0 radical (unpaired) electrons. The molecule has 0 aromatic heterocycles. The summed E-state index contributed by atoms with van der Waals surface area (Å²) in [5.74, 6) is 0. The first-order chi connectivity index (χ1) is 5.77. The van der Waals surface area contributed by atoms with Crippen molar-refractivity contribution in [2.24, 2.45) is 5.41 Å². The number of aliphatic hydroxyl groups excluding tert-OH is 1. The summed E-state index contributed by atoms with van der Waals surface area (Å²) in [5.41, 5.74) is -0.356. The first-order valence-electron chi connectivity index (χ1n) is 4.15. The van der Waals surface area contributed by atoms with Gasteiger partial charge in [0.1, 0.15) is 0 Å². The van der Waals surface area contributed by atoms with Crippen LogP contribution in [0.4, 0.5) is 13.2 Å². The van der Waals surface area contributed by atoms with Gasteiger partial charge >= 0.3 is 6.18 Å². The molecule has 0 fully saturated rings. The number of hydrogen-bond donors (Lipinski definition) is 2. The van der Waals surface area contributed by atoms with Crippen molar-refractivity contribution >= 4 is 0 Å². The van der Waals surface area contributed by atoms with Gasteiger partial charge in [-0.05, 0) is 0 Å². The zero-order chi connectivity index (χ0) is 10.5. The van der Waals surface area contributed by atoms with E-state index in [1.165, 1.54) is 0 Å². The smallest absolute Gasteiger partial charge is 0.390 e. The summed E-state index contributed by atoms with van der Waals surface area (Å²) >= 11 is 0. The van der Waals surface area contributed by atoms with Crippen molar-refractivity contribution in [1.82, 2.24) is 5.32 Å². The Hall–Kier alpha value is -0.290. The Labute approximate surface area is 76.1 Å². The van der Waals surface area contributed by atoms with Gasteiger partial charge in [0.15, 0.2) is 0 Å². The number of rotatable bonds is 5. The van der Waals surface area contributed by atoms with Crippen LogP contribution >= 0.6 is 0 Å². The van der Waals surface area contributed by atoms with Crippen LogP contribution in [0.25, 0.3) is 0 Å².